The van der Waals surface area contributed by atoms with Gasteiger partial charge >= 0.3 is 0 Å². The van der Waals surface area contributed by atoms with Gasteiger partial charge in [-0.15, -0.1) is 34.0 Å². The molecule has 5 heteroatoms. The molecule has 1 aliphatic rings. The molecule has 0 aliphatic carbocycles. The van der Waals surface area contributed by atoms with Crippen molar-refractivity contribution in [2.24, 2.45) is 0 Å². The van der Waals surface area contributed by atoms with E-state index in [2.05, 4.69) is 38.1 Å². The summed E-state index contributed by atoms with van der Waals surface area (Å²) < 4.78 is 11.7. The van der Waals surface area contributed by atoms with Crippen molar-refractivity contribution in [3.8, 4) is 21.3 Å². The highest BCUT2D eigenvalue weighted by Gasteiger charge is 2.23. The third kappa shape index (κ3) is 3.13. The van der Waals surface area contributed by atoms with Gasteiger partial charge in [0.1, 0.15) is 13.2 Å². The second-order valence-corrected chi connectivity index (χ2v) is 9.48. The van der Waals surface area contributed by atoms with Gasteiger partial charge in [0.2, 0.25) is 0 Å². The highest BCUT2D eigenvalue weighted by Crippen LogP contribution is 2.45. The Balaban J connectivity index is 1.49. The topological polar surface area (TPSA) is 18.5 Å². The van der Waals surface area contributed by atoms with E-state index < -0.39 is 0 Å². The zero-order valence-corrected chi connectivity index (χ0v) is 16.3. The first-order chi connectivity index (χ1) is 11.7. The molecule has 0 amide bonds. The molecular formula is C19H20O2S3. The van der Waals surface area contributed by atoms with Crippen molar-refractivity contribution in [2.45, 2.75) is 33.1 Å². The molecule has 126 valence electrons. The predicted octanol–water partition coefficient (Wildman–Crippen LogP) is 5.97. The Bertz CT molecular complexity index is 841. The fraction of sp³-hybridized carbons (Fsp3) is 0.368. The van der Waals surface area contributed by atoms with E-state index in [9.17, 15) is 0 Å². The fourth-order valence-corrected chi connectivity index (χ4v) is 6.02. The number of aryl methyl sites for hydroxylation is 4. The monoisotopic (exact) mass is 376 g/mol. The SMILES string of the molecule is CCc1sc(CCc2ccc(-c3ccc(C)s3)s2)c2c1OCCO2. The second-order valence-electron chi connectivity index (χ2n) is 5.83. The summed E-state index contributed by atoms with van der Waals surface area (Å²) >= 11 is 5.64. The van der Waals surface area contributed by atoms with Crippen LogP contribution in [0.4, 0.5) is 0 Å². The third-order valence-corrected chi connectivity index (χ3v) is 7.80. The van der Waals surface area contributed by atoms with Crippen LogP contribution in [-0.2, 0) is 19.3 Å². The number of fused-ring (bicyclic) bond motifs is 1. The highest BCUT2D eigenvalue weighted by molar-refractivity contribution is 7.22. The Kier molecular flexibility index (Phi) is 4.66. The van der Waals surface area contributed by atoms with Crippen LogP contribution >= 0.6 is 34.0 Å². The molecule has 0 atom stereocenters. The molecule has 24 heavy (non-hydrogen) atoms. The van der Waals surface area contributed by atoms with Crippen LogP contribution in [0.3, 0.4) is 0 Å². The molecule has 0 N–H and O–H groups in total. The number of hydrogen-bond donors (Lipinski definition) is 0. The molecular weight excluding hydrogens is 356 g/mol. The van der Waals surface area contributed by atoms with Crippen LogP contribution in [0.5, 0.6) is 11.5 Å². The minimum absolute atomic E-state index is 0.667. The van der Waals surface area contributed by atoms with Crippen molar-refractivity contribution < 1.29 is 9.47 Å². The van der Waals surface area contributed by atoms with Gasteiger partial charge in [-0.2, -0.15) is 0 Å². The Morgan fingerprint density at radius 1 is 0.833 bits per heavy atom. The molecule has 4 rings (SSSR count). The van der Waals surface area contributed by atoms with E-state index in [1.807, 2.05) is 34.0 Å². The molecule has 0 spiro atoms. The van der Waals surface area contributed by atoms with E-state index in [-0.39, 0.29) is 0 Å². The number of ether oxygens (including phenoxy) is 2. The normalized spacial score (nSPS) is 13.4. The molecule has 0 unspecified atom stereocenters. The second kappa shape index (κ2) is 6.90. The first-order valence-electron chi connectivity index (χ1n) is 8.30. The minimum Gasteiger partial charge on any atom is -0.485 e. The lowest BCUT2D eigenvalue weighted by Crippen LogP contribution is -2.15. The molecule has 3 aromatic heterocycles. The summed E-state index contributed by atoms with van der Waals surface area (Å²) in [5.41, 5.74) is 0. The first-order valence-corrected chi connectivity index (χ1v) is 10.7. The molecule has 0 aromatic carbocycles. The minimum atomic E-state index is 0.667. The van der Waals surface area contributed by atoms with Crippen LogP contribution in [0.15, 0.2) is 24.3 Å². The van der Waals surface area contributed by atoms with Gasteiger partial charge < -0.3 is 9.47 Å². The van der Waals surface area contributed by atoms with Gasteiger partial charge in [-0.3, -0.25) is 0 Å². The fourth-order valence-electron chi connectivity index (χ4n) is 2.92. The zero-order valence-electron chi connectivity index (χ0n) is 13.9. The van der Waals surface area contributed by atoms with Crippen molar-refractivity contribution in [1.29, 1.82) is 0 Å². The quantitative estimate of drug-likeness (QED) is 0.546. The van der Waals surface area contributed by atoms with Gasteiger partial charge in [-0.1, -0.05) is 6.92 Å². The maximum absolute atomic E-state index is 5.89. The first kappa shape index (κ1) is 16.2. The van der Waals surface area contributed by atoms with E-state index >= 15 is 0 Å². The van der Waals surface area contributed by atoms with Crippen molar-refractivity contribution in [2.75, 3.05) is 13.2 Å². The van der Waals surface area contributed by atoms with E-state index in [0.717, 1.165) is 30.8 Å². The highest BCUT2D eigenvalue weighted by atomic mass is 32.1. The number of rotatable bonds is 5. The number of hydrogen-bond acceptors (Lipinski definition) is 5. The third-order valence-electron chi connectivity index (χ3n) is 4.10. The molecule has 1 aliphatic heterocycles. The smallest absolute Gasteiger partial charge is 0.175 e. The van der Waals surface area contributed by atoms with Crippen LogP contribution in [0.25, 0.3) is 9.75 Å². The number of thiophene rings is 3. The van der Waals surface area contributed by atoms with Gasteiger partial charge in [-0.25, -0.2) is 0 Å². The maximum Gasteiger partial charge on any atom is 0.175 e. The van der Waals surface area contributed by atoms with E-state index in [1.165, 1.54) is 29.3 Å². The van der Waals surface area contributed by atoms with Crippen LogP contribution in [0.1, 0.15) is 26.4 Å². The lowest BCUT2D eigenvalue weighted by atomic mass is 10.2. The van der Waals surface area contributed by atoms with Gasteiger partial charge in [0.05, 0.1) is 9.75 Å². The van der Waals surface area contributed by atoms with Crippen molar-refractivity contribution in [3.05, 3.63) is 43.8 Å². The lowest BCUT2D eigenvalue weighted by Gasteiger charge is -2.17. The van der Waals surface area contributed by atoms with E-state index in [1.54, 1.807) is 0 Å². The van der Waals surface area contributed by atoms with Crippen molar-refractivity contribution >= 4 is 34.0 Å². The van der Waals surface area contributed by atoms with Crippen LogP contribution in [-0.4, -0.2) is 13.2 Å². The summed E-state index contributed by atoms with van der Waals surface area (Å²) in [6.07, 6.45) is 3.10. The summed E-state index contributed by atoms with van der Waals surface area (Å²) in [6, 6.07) is 8.95. The molecule has 4 heterocycles. The molecule has 3 aromatic rings. The molecule has 0 saturated heterocycles. The molecule has 0 fully saturated rings. The predicted molar refractivity (Wildman–Crippen MR) is 104 cm³/mol. The van der Waals surface area contributed by atoms with E-state index in [4.69, 9.17) is 9.47 Å². The summed E-state index contributed by atoms with van der Waals surface area (Å²) in [7, 11) is 0. The van der Waals surface area contributed by atoms with Gasteiger partial charge in [0, 0.05) is 19.5 Å². The molecule has 0 radical (unpaired) electrons. The molecule has 0 saturated carbocycles. The van der Waals surface area contributed by atoms with Gasteiger partial charge in [0.15, 0.2) is 11.5 Å². The molecule has 2 nitrogen and oxygen atoms in total. The Hall–Kier alpha value is -1.30. The van der Waals surface area contributed by atoms with Crippen molar-refractivity contribution in [3.63, 3.8) is 0 Å². The zero-order chi connectivity index (χ0) is 16.5. The summed E-state index contributed by atoms with van der Waals surface area (Å²) in [6.45, 7) is 5.68. The largest absolute Gasteiger partial charge is 0.485 e. The van der Waals surface area contributed by atoms with E-state index in [0.29, 0.717) is 13.2 Å². The van der Waals surface area contributed by atoms with Crippen LogP contribution in [0, 0.1) is 6.92 Å². The van der Waals surface area contributed by atoms with Gasteiger partial charge in [-0.05, 0) is 50.5 Å². The summed E-state index contributed by atoms with van der Waals surface area (Å²) in [4.78, 5) is 8.22. The van der Waals surface area contributed by atoms with Crippen molar-refractivity contribution in [1.82, 2.24) is 0 Å². The lowest BCUT2D eigenvalue weighted by molar-refractivity contribution is 0.171. The average molecular weight is 377 g/mol. The van der Waals surface area contributed by atoms with Crippen LogP contribution in [0.2, 0.25) is 0 Å². The Labute approximate surface area is 154 Å². The maximum atomic E-state index is 5.89. The Morgan fingerprint density at radius 3 is 2.25 bits per heavy atom. The summed E-state index contributed by atoms with van der Waals surface area (Å²) in [5, 5.41) is 0. The standard InChI is InChI=1S/C19H20O2S3/c1-3-14-18-19(21-11-10-20-18)17(24-14)9-6-13-5-8-16(23-13)15-7-4-12(2)22-15/h4-5,7-8H,3,6,9-11H2,1-2H3. The molecule has 0 bridgehead atoms. The summed E-state index contributed by atoms with van der Waals surface area (Å²) in [5.74, 6) is 2.01. The average Bonchev–Trinajstić information content (AvgIpc) is 3.31. The Morgan fingerprint density at radius 2 is 1.54 bits per heavy atom. The van der Waals surface area contributed by atoms with Crippen LogP contribution < -0.4 is 9.47 Å². The van der Waals surface area contributed by atoms with Gasteiger partial charge in [0.25, 0.3) is 0 Å².